The topological polar surface area (TPSA) is 73.1 Å². The third-order valence-corrected chi connectivity index (χ3v) is 5.62. The molecular formula is C20H25F2N5O2. The average Bonchev–Trinajstić information content (AvgIpc) is 2.89. The number of halogens is 2. The molecule has 1 saturated carbocycles. The number of ether oxygens (including phenoxy) is 1. The van der Waals surface area contributed by atoms with Gasteiger partial charge in [-0.3, -0.25) is 4.68 Å². The van der Waals surface area contributed by atoms with Crippen LogP contribution in [-0.2, 0) is 4.74 Å². The molecule has 9 heteroatoms. The highest BCUT2D eigenvalue weighted by molar-refractivity contribution is 5.69. The maximum Gasteiger partial charge on any atom is 0.410 e. The Morgan fingerprint density at radius 3 is 2.41 bits per heavy atom. The molecule has 1 saturated heterocycles. The smallest absolute Gasteiger partial charge is 0.410 e. The van der Waals surface area contributed by atoms with Crippen molar-refractivity contribution in [2.45, 2.75) is 58.6 Å². The molecule has 156 valence electrons. The van der Waals surface area contributed by atoms with Crippen LogP contribution in [0.2, 0.25) is 0 Å². The van der Waals surface area contributed by atoms with E-state index in [1.54, 1.807) is 24.2 Å². The first-order valence-electron chi connectivity index (χ1n) is 9.69. The fourth-order valence-electron chi connectivity index (χ4n) is 4.36. The molecule has 2 aliphatic rings. The Balaban J connectivity index is 1.47. The van der Waals surface area contributed by atoms with Crippen LogP contribution in [0.15, 0.2) is 18.7 Å². The maximum absolute atomic E-state index is 13.8. The van der Waals surface area contributed by atoms with Crippen molar-refractivity contribution >= 4 is 6.09 Å². The zero-order valence-electron chi connectivity index (χ0n) is 17.0. The van der Waals surface area contributed by atoms with Gasteiger partial charge in [0.25, 0.3) is 6.43 Å². The Bertz CT molecular complexity index is 909. The molecule has 2 aromatic heterocycles. The summed E-state index contributed by atoms with van der Waals surface area (Å²) in [4.78, 5) is 21.7. The highest BCUT2D eigenvalue weighted by Gasteiger charge is 2.55. The van der Waals surface area contributed by atoms with E-state index in [4.69, 9.17) is 4.74 Å². The Labute approximate surface area is 168 Å². The zero-order valence-corrected chi connectivity index (χ0v) is 17.0. The summed E-state index contributed by atoms with van der Waals surface area (Å²) in [5, 5.41) is 4.50. The van der Waals surface area contributed by atoms with Crippen LogP contribution in [0.5, 0.6) is 0 Å². The Hall–Kier alpha value is -2.58. The highest BCUT2D eigenvalue weighted by Crippen LogP contribution is 2.55. The van der Waals surface area contributed by atoms with E-state index in [2.05, 4.69) is 15.1 Å². The molecule has 0 atom stereocenters. The van der Waals surface area contributed by atoms with Gasteiger partial charge in [-0.25, -0.2) is 23.5 Å². The van der Waals surface area contributed by atoms with Crippen LogP contribution in [-0.4, -0.2) is 49.4 Å². The van der Waals surface area contributed by atoms with Crippen LogP contribution >= 0.6 is 0 Å². The van der Waals surface area contributed by atoms with Crippen LogP contribution in [0.3, 0.4) is 0 Å². The number of rotatable bonds is 3. The first-order chi connectivity index (χ1) is 13.6. The van der Waals surface area contributed by atoms with Crippen molar-refractivity contribution < 1.29 is 18.3 Å². The summed E-state index contributed by atoms with van der Waals surface area (Å²) < 4.78 is 34.4. The molecule has 2 fully saturated rings. The third kappa shape index (κ3) is 3.58. The predicted octanol–water partition coefficient (Wildman–Crippen LogP) is 4.16. The molecule has 3 heterocycles. The molecule has 7 nitrogen and oxygen atoms in total. The number of nitrogens with zero attached hydrogens (tertiary/aromatic N) is 5. The summed E-state index contributed by atoms with van der Waals surface area (Å²) in [6, 6.07) is -0.100. The van der Waals surface area contributed by atoms with Gasteiger partial charge in [0.15, 0.2) is 0 Å². The minimum atomic E-state index is -2.61. The number of alkyl halides is 2. The molecule has 0 radical (unpaired) electrons. The molecule has 0 N–H and O–H groups in total. The van der Waals surface area contributed by atoms with E-state index in [-0.39, 0.29) is 23.2 Å². The fraction of sp³-hybridized carbons (Fsp3) is 0.600. The van der Waals surface area contributed by atoms with Crippen molar-refractivity contribution in [2.75, 3.05) is 13.1 Å². The quantitative estimate of drug-likeness (QED) is 0.767. The lowest BCUT2D eigenvalue weighted by molar-refractivity contribution is -0.0942. The number of aromatic nitrogens is 4. The lowest BCUT2D eigenvalue weighted by atomic mass is 9.61. The molecule has 0 bridgehead atoms. The van der Waals surface area contributed by atoms with Crippen LogP contribution in [0.4, 0.5) is 13.6 Å². The normalized spacial score (nSPS) is 18.7. The summed E-state index contributed by atoms with van der Waals surface area (Å²) in [7, 11) is 0. The monoisotopic (exact) mass is 405 g/mol. The van der Waals surface area contributed by atoms with E-state index in [0.717, 1.165) is 12.8 Å². The molecule has 1 aliphatic heterocycles. The van der Waals surface area contributed by atoms with E-state index in [9.17, 15) is 13.6 Å². The van der Waals surface area contributed by atoms with Gasteiger partial charge < -0.3 is 9.64 Å². The fourth-order valence-corrected chi connectivity index (χ4v) is 4.36. The van der Waals surface area contributed by atoms with Crippen molar-refractivity contribution in [2.24, 2.45) is 5.41 Å². The second kappa shape index (κ2) is 6.74. The highest BCUT2D eigenvalue weighted by atomic mass is 19.3. The van der Waals surface area contributed by atoms with Gasteiger partial charge in [0.05, 0.1) is 11.7 Å². The van der Waals surface area contributed by atoms with Crippen molar-refractivity contribution in [3.8, 4) is 11.3 Å². The number of carbonyl (C=O) groups is 1. The summed E-state index contributed by atoms with van der Waals surface area (Å²) >= 11 is 0. The number of carbonyl (C=O) groups excluding carboxylic acids is 1. The van der Waals surface area contributed by atoms with Gasteiger partial charge in [0.2, 0.25) is 0 Å². The van der Waals surface area contributed by atoms with Crippen LogP contribution in [0.1, 0.15) is 57.3 Å². The second-order valence-electron chi connectivity index (χ2n) is 9.13. The summed E-state index contributed by atoms with van der Waals surface area (Å²) in [6.45, 7) is 8.36. The van der Waals surface area contributed by atoms with Gasteiger partial charge in [0.1, 0.15) is 17.6 Å². The number of amides is 1. The number of likely N-dealkylation sites (tertiary alicyclic amines) is 1. The molecule has 1 amide bonds. The van der Waals surface area contributed by atoms with Crippen LogP contribution in [0.25, 0.3) is 11.3 Å². The van der Waals surface area contributed by atoms with Gasteiger partial charge in [-0.1, -0.05) is 0 Å². The largest absolute Gasteiger partial charge is 0.444 e. The van der Waals surface area contributed by atoms with Gasteiger partial charge in [-0.05, 0) is 40.5 Å². The summed E-state index contributed by atoms with van der Waals surface area (Å²) in [6.07, 6.45) is 3.06. The van der Waals surface area contributed by atoms with Crippen molar-refractivity contribution in [3.05, 3.63) is 30.0 Å². The summed E-state index contributed by atoms with van der Waals surface area (Å²) in [5.74, 6) is 0. The molecule has 1 aliphatic carbocycles. The van der Waals surface area contributed by atoms with E-state index in [0.29, 0.717) is 29.9 Å². The Kier molecular flexibility index (Phi) is 4.59. The molecule has 29 heavy (non-hydrogen) atoms. The van der Waals surface area contributed by atoms with Gasteiger partial charge >= 0.3 is 6.09 Å². The Morgan fingerprint density at radius 2 is 1.86 bits per heavy atom. The summed E-state index contributed by atoms with van der Waals surface area (Å²) in [5.41, 5.74) is 0.979. The van der Waals surface area contributed by atoms with E-state index < -0.39 is 12.0 Å². The SMILES string of the molecule is Cc1c(-c2cncnc2)nn(C2CC3(C2)CN(C(=O)OC(C)(C)C)C3)c1C(F)F. The molecular weight excluding hydrogens is 380 g/mol. The minimum absolute atomic E-state index is 0.0170. The lowest BCUT2D eigenvalue weighted by Crippen LogP contribution is -2.64. The van der Waals surface area contributed by atoms with Crippen LogP contribution in [0, 0.1) is 12.3 Å². The van der Waals surface area contributed by atoms with E-state index in [1.165, 1.54) is 11.0 Å². The van der Waals surface area contributed by atoms with E-state index >= 15 is 0 Å². The van der Waals surface area contributed by atoms with E-state index in [1.807, 2.05) is 20.8 Å². The first-order valence-corrected chi connectivity index (χ1v) is 9.69. The predicted molar refractivity (Wildman–Crippen MR) is 101 cm³/mol. The van der Waals surface area contributed by atoms with Crippen molar-refractivity contribution in [1.29, 1.82) is 0 Å². The zero-order chi connectivity index (χ0) is 21.0. The molecule has 1 spiro atoms. The van der Waals surface area contributed by atoms with Gasteiger partial charge in [-0.15, -0.1) is 0 Å². The van der Waals surface area contributed by atoms with Gasteiger partial charge in [-0.2, -0.15) is 5.10 Å². The van der Waals surface area contributed by atoms with Crippen molar-refractivity contribution in [1.82, 2.24) is 24.6 Å². The molecule has 0 aromatic carbocycles. The lowest BCUT2D eigenvalue weighted by Gasteiger charge is -2.58. The van der Waals surface area contributed by atoms with Gasteiger partial charge in [0, 0.05) is 42.0 Å². The Morgan fingerprint density at radius 1 is 1.24 bits per heavy atom. The number of hydrogen-bond donors (Lipinski definition) is 0. The number of hydrogen-bond acceptors (Lipinski definition) is 5. The standard InChI is InChI=1S/C20H25F2N5O2/c1-12-15(13-7-23-11-24-8-13)25-27(16(12)17(21)22)14-5-20(6-14)9-26(10-20)18(28)29-19(2,3)4/h7-8,11,14,17H,5-6,9-10H2,1-4H3. The second-order valence-corrected chi connectivity index (χ2v) is 9.13. The molecule has 0 unspecified atom stereocenters. The maximum atomic E-state index is 13.8. The third-order valence-electron chi connectivity index (χ3n) is 5.62. The average molecular weight is 405 g/mol. The molecule has 2 aromatic rings. The molecule has 4 rings (SSSR count). The van der Waals surface area contributed by atoms with Crippen molar-refractivity contribution in [3.63, 3.8) is 0 Å². The first kappa shape index (κ1) is 19.7. The van der Waals surface area contributed by atoms with Crippen LogP contribution < -0.4 is 0 Å². The minimum Gasteiger partial charge on any atom is -0.444 e.